The van der Waals surface area contributed by atoms with Gasteiger partial charge in [-0.2, -0.15) is 0 Å². The van der Waals surface area contributed by atoms with E-state index in [9.17, 15) is 9.59 Å². The minimum absolute atomic E-state index is 0.0835. The molecule has 0 amide bonds. The maximum absolute atomic E-state index is 12.5. The quantitative estimate of drug-likeness (QED) is 0.689. The zero-order valence-electron chi connectivity index (χ0n) is 13.1. The predicted octanol–water partition coefficient (Wildman–Crippen LogP) is 3.79. The van der Waals surface area contributed by atoms with Gasteiger partial charge in [0.2, 0.25) is 0 Å². The van der Waals surface area contributed by atoms with Crippen LogP contribution in [0.25, 0.3) is 10.9 Å². The minimum atomic E-state index is -0.214. The number of fused-ring (bicyclic) bond motifs is 1. The second kappa shape index (κ2) is 6.08. The number of hydrogen-bond acceptors (Lipinski definition) is 3. The van der Waals surface area contributed by atoms with Crippen molar-refractivity contribution in [2.24, 2.45) is 0 Å². The molecule has 4 nitrogen and oxygen atoms in total. The first kappa shape index (κ1) is 15.0. The van der Waals surface area contributed by atoms with Crippen LogP contribution in [0.3, 0.4) is 0 Å². The molecule has 3 aromatic rings. The number of hydrogen-bond donors (Lipinski definition) is 0. The predicted molar refractivity (Wildman–Crippen MR) is 89.4 cm³/mol. The van der Waals surface area contributed by atoms with E-state index in [1.54, 1.807) is 6.20 Å². The summed E-state index contributed by atoms with van der Waals surface area (Å²) in [4.78, 5) is 23.6. The molecule has 2 aromatic carbocycles. The zero-order valence-corrected chi connectivity index (χ0v) is 13.1. The van der Waals surface area contributed by atoms with Crippen LogP contribution in [-0.4, -0.2) is 23.4 Å². The minimum Gasteiger partial charge on any atom is -0.484 e. The van der Waals surface area contributed by atoms with Crippen LogP contribution < -0.4 is 4.74 Å². The van der Waals surface area contributed by atoms with Crippen molar-refractivity contribution in [3.63, 3.8) is 0 Å². The molecule has 0 saturated carbocycles. The van der Waals surface area contributed by atoms with Gasteiger partial charge in [0.1, 0.15) is 5.75 Å². The van der Waals surface area contributed by atoms with Gasteiger partial charge in [-0.15, -0.1) is 0 Å². The van der Waals surface area contributed by atoms with E-state index in [1.807, 2.05) is 56.3 Å². The van der Waals surface area contributed by atoms with Gasteiger partial charge < -0.3 is 4.74 Å². The number of aldehydes is 1. The van der Waals surface area contributed by atoms with Crippen LogP contribution in [0.4, 0.5) is 0 Å². The number of carbonyl (C=O) groups is 2. The number of aromatic nitrogens is 1. The van der Waals surface area contributed by atoms with Crippen LogP contribution in [0.2, 0.25) is 0 Å². The highest BCUT2D eigenvalue weighted by Crippen LogP contribution is 2.20. The molecule has 0 spiro atoms. The summed E-state index contributed by atoms with van der Waals surface area (Å²) in [6.07, 6.45) is 2.32. The first-order chi connectivity index (χ1) is 11.1. The van der Waals surface area contributed by atoms with E-state index >= 15 is 0 Å². The molecule has 0 bridgehead atoms. The average molecular weight is 307 g/mol. The summed E-state index contributed by atoms with van der Waals surface area (Å²) in [5, 5.41) is 0.766. The van der Waals surface area contributed by atoms with Crippen LogP contribution in [0.1, 0.15) is 26.3 Å². The molecule has 0 aliphatic heterocycles. The van der Waals surface area contributed by atoms with Gasteiger partial charge in [0.05, 0.1) is 5.52 Å². The molecular formula is C19H17NO3. The van der Waals surface area contributed by atoms with Crippen LogP contribution in [0, 0.1) is 13.8 Å². The van der Waals surface area contributed by atoms with E-state index < -0.39 is 0 Å². The number of carbonyl (C=O) groups excluding carboxylic acids is 2. The Kier molecular flexibility index (Phi) is 3.98. The topological polar surface area (TPSA) is 48.3 Å². The molecule has 0 unspecified atom stereocenters. The molecule has 0 radical (unpaired) electrons. The van der Waals surface area contributed by atoms with Crippen molar-refractivity contribution >= 4 is 23.1 Å². The van der Waals surface area contributed by atoms with Crippen LogP contribution in [-0.2, 0) is 0 Å². The van der Waals surface area contributed by atoms with Gasteiger partial charge in [0.15, 0.2) is 12.9 Å². The van der Waals surface area contributed by atoms with Crippen LogP contribution in [0.15, 0.2) is 48.7 Å². The highest BCUT2D eigenvalue weighted by Gasteiger charge is 2.13. The van der Waals surface area contributed by atoms with E-state index in [0.29, 0.717) is 16.8 Å². The normalized spacial score (nSPS) is 10.7. The second-order valence-corrected chi connectivity index (χ2v) is 5.60. The largest absolute Gasteiger partial charge is 0.484 e. The van der Waals surface area contributed by atoms with E-state index in [-0.39, 0.29) is 12.5 Å². The Balaban J connectivity index is 1.85. The molecular weight excluding hydrogens is 290 g/mol. The fraction of sp³-hybridized carbons (Fsp3) is 0.158. The third kappa shape index (κ3) is 3.01. The lowest BCUT2D eigenvalue weighted by atomic mass is 10.1. The summed E-state index contributed by atoms with van der Waals surface area (Å²) in [6, 6.07) is 13.2. The Hall–Kier alpha value is -2.88. The van der Waals surface area contributed by atoms with Crippen molar-refractivity contribution in [1.29, 1.82) is 0 Å². The third-order valence-corrected chi connectivity index (χ3v) is 3.70. The lowest BCUT2D eigenvalue weighted by Crippen LogP contribution is -2.18. The van der Waals surface area contributed by atoms with Crippen molar-refractivity contribution in [3.8, 4) is 5.75 Å². The van der Waals surface area contributed by atoms with Gasteiger partial charge in [0.25, 0.3) is 5.91 Å². The Morgan fingerprint density at radius 1 is 1.13 bits per heavy atom. The zero-order chi connectivity index (χ0) is 16.4. The SMILES string of the molecule is Cc1cc(C)cc(OCC(=O)n2cc(C=O)c3ccccc32)c1. The number of rotatable bonds is 4. The number of ether oxygens (including phenoxy) is 1. The van der Waals surface area contributed by atoms with E-state index in [4.69, 9.17) is 4.74 Å². The maximum atomic E-state index is 12.5. The number of aryl methyl sites for hydroxylation is 2. The number of nitrogens with zero attached hydrogens (tertiary/aromatic N) is 1. The second-order valence-electron chi connectivity index (χ2n) is 5.60. The lowest BCUT2D eigenvalue weighted by Gasteiger charge is -2.09. The molecule has 23 heavy (non-hydrogen) atoms. The fourth-order valence-corrected chi connectivity index (χ4v) is 2.74. The molecule has 0 aliphatic rings. The summed E-state index contributed by atoms with van der Waals surface area (Å²) in [5.74, 6) is 0.455. The number of benzene rings is 2. The Morgan fingerprint density at radius 2 is 1.83 bits per heavy atom. The monoisotopic (exact) mass is 307 g/mol. The van der Waals surface area contributed by atoms with Gasteiger partial charge in [-0.05, 0) is 43.2 Å². The third-order valence-electron chi connectivity index (χ3n) is 3.70. The highest BCUT2D eigenvalue weighted by molar-refractivity contribution is 6.02. The molecule has 0 saturated heterocycles. The molecule has 116 valence electrons. The van der Waals surface area contributed by atoms with Gasteiger partial charge in [-0.25, -0.2) is 0 Å². The van der Waals surface area contributed by atoms with Crippen molar-refractivity contribution < 1.29 is 14.3 Å². The summed E-state index contributed by atoms with van der Waals surface area (Å²) < 4.78 is 7.09. The Labute approximate surface area is 134 Å². The molecule has 1 heterocycles. The molecule has 4 heteroatoms. The van der Waals surface area contributed by atoms with Crippen molar-refractivity contribution in [2.75, 3.05) is 6.61 Å². The summed E-state index contributed by atoms with van der Waals surface area (Å²) in [6.45, 7) is 3.88. The van der Waals surface area contributed by atoms with E-state index in [2.05, 4.69) is 0 Å². The lowest BCUT2D eigenvalue weighted by molar-refractivity contribution is 0.0843. The Morgan fingerprint density at radius 3 is 2.52 bits per heavy atom. The summed E-state index contributed by atoms with van der Waals surface area (Å²) in [5.41, 5.74) is 3.38. The molecule has 0 aliphatic carbocycles. The summed E-state index contributed by atoms with van der Waals surface area (Å²) >= 11 is 0. The standard InChI is InChI=1S/C19H17NO3/c1-13-7-14(2)9-16(8-13)23-12-19(22)20-10-15(11-21)17-5-3-4-6-18(17)20/h3-11H,12H2,1-2H3. The molecule has 3 rings (SSSR count). The van der Waals surface area contributed by atoms with E-state index in [0.717, 1.165) is 22.8 Å². The van der Waals surface area contributed by atoms with Crippen molar-refractivity contribution in [1.82, 2.24) is 4.57 Å². The van der Waals surface area contributed by atoms with Crippen LogP contribution >= 0.6 is 0 Å². The first-order valence-corrected chi connectivity index (χ1v) is 7.38. The molecule has 0 atom stereocenters. The van der Waals surface area contributed by atoms with Gasteiger partial charge >= 0.3 is 0 Å². The van der Waals surface area contributed by atoms with Gasteiger partial charge in [-0.3, -0.25) is 14.2 Å². The maximum Gasteiger partial charge on any atom is 0.269 e. The van der Waals surface area contributed by atoms with Crippen LogP contribution in [0.5, 0.6) is 5.75 Å². The highest BCUT2D eigenvalue weighted by atomic mass is 16.5. The average Bonchev–Trinajstić information content (AvgIpc) is 2.91. The molecule has 1 aromatic heterocycles. The van der Waals surface area contributed by atoms with Gasteiger partial charge in [0, 0.05) is 17.1 Å². The van der Waals surface area contributed by atoms with Gasteiger partial charge in [-0.1, -0.05) is 24.3 Å². The summed E-state index contributed by atoms with van der Waals surface area (Å²) in [7, 11) is 0. The van der Waals surface area contributed by atoms with E-state index in [1.165, 1.54) is 4.57 Å². The Bertz CT molecular complexity index is 873. The molecule has 0 N–H and O–H groups in total. The first-order valence-electron chi connectivity index (χ1n) is 7.38. The van der Waals surface area contributed by atoms with Crippen molar-refractivity contribution in [3.05, 3.63) is 65.4 Å². The molecule has 0 fully saturated rings. The van der Waals surface area contributed by atoms with Crippen molar-refractivity contribution in [2.45, 2.75) is 13.8 Å². The smallest absolute Gasteiger partial charge is 0.269 e. The number of para-hydroxylation sites is 1. The fourth-order valence-electron chi connectivity index (χ4n) is 2.74.